The molecular weight excluding hydrogens is 298 g/mol. The lowest BCUT2D eigenvalue weighted by molar-refractivity contribution is -0.120. The van der Waals surface area contributed by atoms with Crippen LogP contribution in [0.25, 0.3) is 0 Å². The van der Waals surface area contributed by atoms with Crippen molar-refractivity contribution in [2.24, 2.45) is 0 Å². The summed E-state index contributed by atoms with van der Waals surface area (Å²) in [6.07, 6.45) is 2.42. The van der Waals surface area contributed by atoms with E-state index >= 15 is 0 Å². The average Bonchev–Trinajstić information content (AvgIpc) is 3.01. The Kier molecular flexibility index (Phi) is 4.53. The molecule has 2 aromatic rings. The van der Waals surface area contributed by atoms with Gasteiger partial charge < -0.3 is 14.8 Å². The average molecular weight is 315 g/mol. The fourth-order valence-corrected chi connectivity index (χ4v) is 2.65. The number of carbonyl (C=O) groups excluding carboxylic acids is 1. The maximum atomic E-state index is 12.0. The van der Waals surface area contributed by atoms with Crippen LogP contribution in [-0.4, -0.2) is 19.0 Å². The second-order valence-corrected chi connectivity index (χ2v) is 5.87. The fraction of sp³-hybridized carbons (Fsp3) is 0.235. The summed E-state index contributed by atoms with van der Waals surface area (Å²) in [4.78, 5) is 13.2. The van der Waals surface area contributed by atoms with Crippen molar-refractivity contribution in [3.8, 4) is 11.5 Å². The molecule has 0 aliphatic carbocycles. The zero-order chi connectivity index (χ0) is 15.4. The van der Waals surface area contributed by atoms with Crippen LogP contribution in [-0.2, 0) is 17.8 Å². The molecule has 114 valence electrons. The monoisotopic (exact) mass is 315 g/mol. The van der Waals surface area contributed by atoms with Gasteiger partial charge in [-0.25, -0.2) is 0 Å². The number of hydrogen-bond donors (Lipinski definition) is 1. The van der Waals surface area contributed by atoms with Crippen LogP contribution in [0, 0.1) is 0 Å². The minimum absolute atomic E-state index is 0.00886. The lowest BCUT2D eigenvalue weighted by atomic mass is 10.1. The third-order valence-electron chi connectivity index (χ3n) is 3.45. The third kappa shape index (κ3) is 3.54. The Morgan fingerprint density at radius 3 is 2.59 bits per heavy atom. The summed E-state index contributed by atoms with van der Waals surface area (Å²) in [7, 11) is 0. The Bertz CT molecular complexity index is 670. The number of benzene rings is 2. The van der Waals surface area contributed by atoms with Crippen molar-refractivity contribution in [2.45, 2.75) is 17.9 Å². The van der Waals surface area contributed by atoms with Crippen LogP contribution >= 0.6 is 11.8 Å². The first-order valence-electron chi connectivity index (χ1n) is 7.03. The molecule has 0 spiro atoms. The van der Waals surface area contributed by atoms with E-state index in [1.54, 1.807) is 11.8 Å². The highest BCUT2D eigenvalue weighted by Crippen LogP contribution is 2.32. The van der Waals surface area contributed by atoms with Crippen molar-refractivity contribution in [2.75, 3.05) is 13.0 Å². The van der Waals surface area contributed by atoms with Gasteiger partial charge in [-0.05, 0) is 41.6 Å². The summed E-state index contributed by atoms with van der Waals surface area (Å²) < 4.78 is 10.6. The Balaban J connectivity index is 1.53. The minimum Gasteiger partial charge on any atom is -0.454 e. The van der Waals surface area contributed by atoms with Crippen LogP contribution in [0.1, 0.15) is 11.1 Å². The highest BCUT2D eigenvalue weighted by Gasteiger charge is 2.13. The summed E-state index contributed by atoms with van der Waals surface area (Å²) in [5, 5.41) is 2.93. The van der Waals surface area contributed by atoms with E-state index in [0.29, 0.717) is 13.0 Å². The summed E-state index contributed by atoms with van der Waals surface area (Å²) in [6, 6.07) is 13.7. The number of carbonyl (C=O) groups is 1. The lowest BCUT2D eigenvalue weighted by Gasteiger charge is -2.07. The molecule has 2 aromatic carbocycles. The molecule has 4 nitrogen and oxygen atoms in total. The van der Waals surface area contributed by atoms with Crippen LogP contribution in [0.5, 0.6) is 11.5 Å². The molecular formula is C17H17NO3S. The molecule has 0 radical (unpaired) electrons. The Hall–Kier alpha value is -2.14. The quantitative estimate of drug-likeness (QED) is 0.862. The van der Waals surface area contributed by atoms with Gasteiger partial charge in [0.25, 0.3) is 0 Å². The van der Waals surface area contributed by atoms with E-state index < -0.39 is 0 Å². The number of hydrogen-bond acceptors (Lipinski definition) is 4. The zero-order valence-electron chi connectivity index (χ0n) is 12.3. The first kappa shape index (κ1) is 14.8. The molecule has 1 aliphatic heterocycles. The predicted molar refractivity (Wildman–Crippen MR) is 86.3 cm³/mol. The minimum atomic E-state index is 0.00886. The molecule has 0 unspecified atom stereocenters. The molecule has 0 bridgehead atoms. The molecule has 0 saturated carbocycles. The highest BCUT2D eigenvalue weighted by molar-refractivity contribution is 7.98. The van der Waals surface area contributed by atoms with Gasteiger partial charge in [0.2, 0.25) is 12.7 Å². The summed E-state index contributed by atoms with van der Waals surface area (Å²) in [6.45, 7) is 0.746. The van der Waals surface area contributed by atoms with E-state index in [0.717, 1.165) is 22.6 Å². The second kappa shape index (κ2) is 6.75. The van der Waals surface area contributed by atoms with Crippen LogP contribution in [0.3, 0.4) is 0 Å². The maximum absolute atomic E-state index is 12.0. The van der Waals surface area contributed by atoms with Crippen LogP contribution < -0.4 is 14.8 Å². The van der Waals surface area contributed by atoms with Gasteiger partial charge in [-0.1, -0.05) is 18.2 Å². The number of thioether (sulfide) groups is 1. The Labute approximate surface area is 133 Å². The molecule has 3 rings (SSSR count). The normalized spacial score (nSPS) is 12.2. The fourth-order valence-electron chi connectivity index (χ4n) is 2.24. The molecule has 0 saturated heterocycles. The first-order chi connectivity index (χ1) is 10.7. The van der Waals surface area contributed by atoms with Gasteiger partial charge in [0.05, 0.1) is 6.42 Å². The summed E-state index contributed by atoms with van der Waals surface area (Å²) in [5.41, 5.74) is 2.01. The van der Waals surface area contributed by atoms with Crippen LogP contribution in [0.15, 0.2) is 47.4 Å². The van der Waals surface area contributed by atoms with E-state index in [1.807, 2.05) is 48.7 Å². The molecule has 5 heteroatoms. The molecule has 1 N–H and O–H groups in total. The third-order valence-corrected chi connectivity index (χ3v) is 4.19. The Morgan fingerprint density at radius 2 is 1.82 bits per heavy atom. The van der Waals surface area contributed by atoms with Crippen molar-refractivity contribution >= 4 is 17.7 Å². The number of nitrogens with one attached hydrogen (secondary N) is 1. The number of ether oxygens (including phenoxy) is 2. The van der Waals surface area contributed by atoms with Gasteiger partial charge in [0, 0.05) is 11.4 Å². The lowest BCUT2D eigenvalue weighted by Crippen LogP contribution is -2.24. The smallest absolute Gasteiger partial charge is 0.231 e. The molecule has 0 fully saturated rings. The second-order valence-electron chi connectivity index (χ2n) is 4.99. The van der Waals surface area contributed by atoms with E-state index in [1.165, 1.54) is 4.90 Å². The van der Waals surface area contributed by atoms with Crippen molar-refractivity contribution in [3.63, 3.8) is 0 Å². The zero-order valence-corrected chi connectivity index (χ0v) is 13.1. The van der Waals surface area contributed by atoms with Gasteiger partial charge in [0.1, 0.15) is 0 Å². The molecule has 1 heterocycles. The van der Waals surface area contributed by atoms with E-state index in [2.05, 4.69) is 5.32 Å². The van der Waals surface area contributed by atoms with Gasteiger partial charge in [0.15, 0.2) is 11.5 Å². The van der Waals surface area contributed by atoms with Crippen molar-refractivity contribution in [1.82, 2.24) is 5.32 Å². The van der Waals surface area contributed by atoms with Crippen molar-refractivity contribution in [3.05, 3.63) is 53.6 Å². The summed E-state index contributed by atoms with van der Waals surface area (Å²) in [5.74, 6) is 1.50. The maximum Gasteiger partial charge on any atom is 0.231 e. The largest absolute Gasteiger partial charge is 0.454 e. The highest BCUT2D eigenvalue weighted by atomic mass is 32.2. The molecule has 22 heavy (non-hydrogen) atoms. The van der Waals surface area contributed by atoms with Gasteiger partial charge in [-0.2, -0.15) is 0 Å². The standard InChI is InChI=1S/C17H17NO3S/c1-22-14-5-2-12(3-6-14)9-17(19)18-10-13-4-7-15-16(8-13)21-11-20-15/h2-8H,9-11H2,1H3,(H,18,19). The van der Waals surface area contributed by atoms with Crippen LogP contribution in [0.4, 0.5) is 0 Å². The SMILES string of the molecule is CSc1ccc(CC(=O)NCc2ccc3c(c2)OCO3)cc1. The van der Waals surface area contributed by atoms with E-state index in [-0.39, 0.29) is 12.7 Å². The number of amides is 1. The van der Waals surface area contributed by atoms with Crippen molar-refractivity contribution < 1.29 is 14.3 Å². The van der Waals surface area contributed by atoms with E-state index in [9.17, 15) is 4.79 Å². The number of fused-ring (bicyclic) bond motifs is 1. The Morgan fingerprint density at radius 1 is 1.09 bits per heavy atom. The molecule has 1 aliphatic rings. The molecule has 0 atom stereocenters. The van der Waals surface area contributed by atoms with Gasteiger partial charge in [-0.3, -0.25) is 4.79 Å². The number of rotatable bonds is 5. The van der Waals surface area contributed by atoms with Crippen molar-refractivity contribution in [1.29, 1.82) is 0 Å². The predicted octanol–water partition coefficient (Wildman–Crippen LogP) is 3.00. The topological polar surface area (TPSA) is 47.6 Å². The van der Waals surface area contributed by atoms with Gasteiger partial charge in [-0.15, -0.1) is 11.8 Å². The van der Waals surface area contributed by atoms with Gasteiger partial charge >= 0.3 is 0 Å². The molecule has 0 aromatic heterocycles. The van der Waals surface area contributed by atoms with E-state index in [4.69, 9.17) is 9.47 Å². The molecule has 1 amide bonds. The van der Waals surface area contributed by atoms with Crippen LogP contribution in [0.2, 0.25) is 0 Å². The summed E-state index contributed by atoms with van der Waals surface area (Å²) >= 11 is 1.69. The first-order valence-corrected chi connectivity index (χ1v) is 8.25.